The van der Waals surface area contributed by atoms with Crippen molar-refractivity contribution >= 4 is 42.1 Å². The van der Waals surface area contributed by atoms with Crippen LogP contribution in [0.4, 0.5) is 0 Å². The van der Waals surface area contributed by atoms with E-state index >= 15 is 0 Å². The molecule has 3 N–H and O–H groups in total. The molecule has 0 aliphatic heterocycles. The molecule has 1 fully saturated rings. The maximum Gasteiger partial charge on any atom is 0.236 e. The zero-order chi connectivity index (χ0) is 16.1. The summed E-state index contributed by atoms with van der Waals surface area (Å²) in [6, 6.07) is 3.98. The maximum absolute atomic E-state index is 12.3. The molecule has 0 radical (unpaired) electrons. The lowest BCUT2D eigenvalue weighted by molar-refractivity contribution is -0.121. The topological polar surface area (TPSA) is 81.1 Å². The van der Waals surface area contributed by atoms with Gasteiger partial charge >= 0.3 is 0 Å². The smallest absolute Gasteiger partial charge is 0.236 e. The molecule has 3 rings (SSSR count). The van der Waals surface area contributed by atoms with Gasteiger partial charge in [-0.3, -0.25) is 4.79 Å². The zero-order valence-corrected chi connectivity index (χ0v) is 16.4. The van der Waals surface area contributed by atoms with Crippen LogP contribution in [0, 0.1) is 5.92 Å². The van der Waals surface area contributed by atoms with Crippen molar-refractivity contribution in [2.24, 2.45) is 11.7 Å². The Balaban J connectivity index is 0.00000156. The second-order valence-corrected chi connectivity index (χ2v) is 7.05. The molecule has 0 aromatic carbocycles. The first-order valence-corrected chi connectivity index (χ1v) is 9.12. The number of oxazole rings is 1. The molecule has 1 amide bonds. The number of amides is 1. The van der Waals surface area contributed by atoms with Gasteiger partial charge in [-0.2, -0.15) is 0 Å². The number of hydrogen-bond acceptors (Lipinski definition) is 5. The summed E-state index contributed by atoms with van der Waals surface area (Å²) in [6.45, 7) is 0.496. The monoisotopic (exact) mass is 405 g/mol. The number of carbonyl (C=O) groups excluding carboxylic acids is 1. The van der Waals surface area contributed by atoms with Crippen LogP contribution in [0.15, 0.2) is 28.2 Å². The first kappa shape index (κ1) is 22.0. The molecule has 0 saturated heterocycles. The average molecular weight is 406 g/mol. The molecule has 5 nitrogen and oxygen atoms in total. The lowest BCUT2D eigenvalue weighted by Gasteiger charge is -2.30. The van der Waals surface area contributed by atoms with Gasteiger partial charge < -0.3 is 15.5 Å². The lowest BCUT2D eigenvalue weighted by Crippen LogP contribution is -2.46. The highest BCUT2D eigenvalue weighted by atomic mass is 35.5. The third kappa shape index (κ3) is 5.99. The first-order valence-electron chi connectivity index (χ1n) is 8.24. The highest BCUT2D eigenvalue weighted by Crippen LogP contribution is 2.26. The summed E-state index contributed by atoms with van der Waals surface area (Å²) in [5.74, 6) is 1.05. The molecule has 1 atom stereocenters. The van der Waals surface area contributed by atoms with Crippen LogP contribution in [0.2, 0.25) is 0 Å². The average Bonchev–Trinajstić information content (AvgIpc) is 3.24. The molecule has 140 valence electrons. The number of nitrogens with one attached hydrogen (secondary N) is 1. The molecule has 1 aliphatic rings. The van der Waals surface area contributed by atoms with Gasteiger partial charge in [0, 0.05) is 12.6 Å². The quantitative estimate of drug-likeness (QED) is 0.764. The van der Waals surface area contributed by atoms with E-state index in [0.717, 1.165) is 17.7 Å². The summed E-state index contributed by atoms with van der Waals surface area (Å²) >= 11 is 1.57. The van der Waals surface area contributed by atoms with Gasteiger partial charge in [0.2, 0.25) is 11.8 Å². The summed E-state index contributed by atoms with van der Waals surface area (Å²) in [6.07, 6.45) is 7.90. The van der Waals surface area contributed by atoms with Gasteiger partial charge in [-0.05, 0) is 30.2 Å². The third-order valence-corrected chi connectivity index (χ3v) is 5.30. The Morgan fingerprint density at radius 1 is 1.36 bits per heavy atom. The number of hydrogen-bond donors (Lipinski definition) is 2. The van der Waals surface area contributed by atoms with Crippen molar-refractivity contribution in [2.75, 3.05) is 6.54 Å². The van der Waals surface area contributed by atoms with E-state index in [9.17, 15) is 4.79 Å². The highest BCUT2D eigenvalue weighted by Gasteiger charge is 2.24. The fourth-order valence-corrected chi connectivity index (χ4v) is 3.89. The molecule has 2 aromatic heterocycles. The summed E-state index contributed by atoms with van der Waals surface area (Å²) in [5, 5.41) is 5.06. The summed E-state index contributed by atoms with van der Waals surface area (Å²) in [7, 11) is 0. The van der Waals surface area contributed by atoms with E-state index in [4.69, 9.17) is 10.2 Å². The van der Waals surface area contributed by atoms with Gasteiger partial charge in [0.15, 0.2) is 0 Å². The van der Waals surface area contributed by atoms with Crippen molar-refractivity contribution in [3.63, 3.8) is 0 Å². The summed E-state index contributed by atoms with van der Waals surface area (Å²) in [5.41, 5.74) is 6.52. The zero-order valence-electron chi connectivity index (χ0n) is 14.0. The number of thiophene rings is 1. The van der Waals surface area contributed by atoms with Gasteiger partial charge in [0.05, 0.1) is 17.0 Å². The molecule has 0 bridgehead atoms. The second-order valence-electron chi connectivity index (χ2n) is 6.11. The Labute approximate surface area is 164 Å². The Morgan fingerprint density at radius 2 is 2.12 bits per heavy atom. The van der Waals surface area contributed by atoms with E-state index in [-0.39, 0.29) is 43.2 Å². The van der Waals surface area contributed by atoms with Crippen molar-refractivity contribution in [2.45, 2.75) is 44.6 Å². The molecule has 1 unspecified atom stereocenters. The summed E-state index contributed by atoms with van der Waals surface area (Å²) < 4.78 is 5.45. The molecular weight excluding hydrogens is 381 g/mol. The van der Waals surface area contributed by atoms with Crippen LogP contribution in [0.25, 0.3) is 10.8 Å². The van der Waals surface area contributed by atoms with Crippen molar-refractivity contribution in [3.05, 3.63) is 29.5 Å². The Hall–Kier alpha value is -1.08. The first-order chi connectivity index (χ1) is 11.3. The maximum atomic E-state index is 12.3. The molecule has 2 aromatic rings. The van der Waals surface area contributed by atoms with Crippen LogP contribution >= 0.6 is 36.2 Å². The number of aromatic nitrogens is 1. The SMILES string of the molecule is Cl.Cl.NCC(NC(=O)Cc1coc(-c2cccs2)n1)C1CCCCC1. The largest absolute Gasteiger partial charge is 0.444 e. The van der Waals surface area contributed by atoms with E-state index in [1.165, 1.54) is 19.3 Å². The van der Waals surface area contributed by atoms with Gasteiger partial charge in [-0.1, -0.05) is 25.3 Å². The Morgan fingerprint density at radius 3 is 2.76 bits per heavy atom. The number of halogens is 2. The van der Waals surface area contributed by atoms with E-state index in [0.29, 0.717) is 24.0 Å². The highest BCUT2D eigenvalue weighted by molar-refractivity contribution is 7.13. The molecule has 1 saturated carbocycles. The molecular formula is C17H25Cl2N3O2S. The third-order valence-electron chi connectivity index (χ3n) is 4.44. The molecule has 2 heterocycles. The fourth-order valence-electron chi connectivity index (χ4n) is 3.23. The standard InChI is InChI=1S/C17H23N3O2S.2ClH/c18-10-14(12-5-2-1-3-6-12)20-16(21)9-13-11-22-17(19-13)15-7-4-8-23-15;;/h4,7-8,11-12,14H,1-3,5-6,9-10,18H2,(H,20,21);2*1H. The van der Waals surface area contributed by atoms with Gasteiger partial charge in [-0.25, -0.2) is 4.98 Å². The molecule has 1 aliphatic carbocycles. The van der Waals surface area contributed by atoms with Crippen molar-refractivity contribution in [1.29, 1.82) is 0 Å². The van der Waals surface area contributed by atoms with Crippen molar-refractivity contribution in [3.8, 4) is 10.8 Å². The van der Waals surface area contributed by atoms with Crippen LogP contribution in [0.3, 0.4) is 0 Å². The number of carbonyl (C=O) groups is 1. The van der Waals surface area contributed by atoms with Crippen LogP contribution in [0.5, 0.6) is 0 Å². The van der Waals surface area contributed by atoms with Crippen LogP contribution in [-0.2, 0) is 11.2 Å². The normalized spacial score (nSPS) is 15.7. The van der Waals surface area contributed by atoms with Gasteiger partial charge in [0.1, 0.15) is 6.26 Å². The number of nitrogens with zero attached hydrogens (tertiary/aromatic N) is 1. The fraction of sp³-hybridized carbons (Fsp3) is 0.529. The van der Waals surface area contributed by atoms with Gasteiger partial charge in [0.25, 0.3) is 0 Å². The Bertz CT molecular complexity index is 628. The Kier molecular flexibility index (Phi) is 9.50. The van der Waals surface area contributed by atoms with E-state index < -0.39 is 0 Å². The molecule has 8 heteroatoms. The minimum absolute atomic E-state index is 0. The van der Waals surface area contributed by atoms with Crippen LogP contribution < -0.4 is 11.1 Å². The minimum Gasteiger partial charge on any atom is -0.444 e. The van der Waals surface area contributed by atoms with E-state index in [1.54, 1.807) is 17.6 Å². The summed E-state index contributed by atoms with van der Waals surface area (Å²) in [4.78, 5) is 17.6. The van der Waals surface area contributed by atoms with Crippen molar-refractivity contribution in [1.82, 2.24) is 10.3 Å². The lowest BCUT2D eigenvalue weighted by atomic mass is 9.84. The van der Waals surface area contributed by atoms with Crippen LogP contribution in [-0.4, -0.2) is 23.5 Å². The second kappa shape index (κ2) is 10.8. The number of rotatable bonds is 6. The predicted molar refractivity (Wildman–Crippen MR) is 106 cm³/mol. The van der Waals surface area contributed by atoms with Crippen molar-refractivity contribution < 1.29 is 9.21 Å². The van der Waals surface area contributed by atoms with Crippen LogP contribution in [0.1, 0.15) is 37.8 Å². The molecule has 25 heavy (non-hydrogen) atoms. The van der Waals surface area contributed by atoms with Gasteiger partial charge in [-0.15, -0.1) is 36.2 Å². The van der Waals surface area contributed by atoms with E-state index in [2.05, 4.69) is 10.3 Å². The number of nitrogens with two attached hydrogens (primary N) is 1. The van der Waals surface area contributed by atoms with E-state index in [1.807, 2.05) is 17.5 Å². The molecule has 0 spiro atoms. The predicted octanol–water partition coefficient (Wildman–Crippen LogP) is 3.81. The minimum atomic E-state index is -0.0305.